The number of nitrogens with one attached hydrogen (secondary N) is 1. The van der Waals surface area contributed by atoms with Crippen LogP contribution in [0.3, 0.4) is 0 Å². The van der Waals surface area contributed by atoms with Crippen LogP contribution in [0.4, 0.5) is 13.2 Å². The number of halogens is 3. The molecule has 6 heteroatoms. The molecule has 2 aromatic carbocycles. The third kappa shape index (κ3) is 3.91. The van der Waals surface area contributed by atoms with E-state index in [-0.39, 0.29) is 24.6 Å². The average Bonchev–Trinajstić information content (AvgIpc) is 3.09. The number of benzene rings is 2. The van der Waals surface area contributed by atoms with Crippen LogP contribution in [0.2, 0.25) is 0 Å². The number of fused-ring (bicyclic) bond motifs is 1. The first-order valence-electron chi connectivity index (χ1n) is 9.33. The molecule has 1 aliphatic carbocycles. The molecule has 146 valence electrons. The number of imidazole rings is 1. The quantitative estimate of drug-likeness (QED) is 0.578. The third-order valence-electron chi connectivity index (χ3n) is 5.26. The molecule has 0 spiro atoms. The van der Waals surface area contributed by atoms with E-state index in [0.29, 0.717) is 30.0 Å². The predicted molar refractivity (Wildman–Crippen MR) is 104 cm³/mol. The molecule has 0 aliphatic heterocycles. The maximum atomic E-state index is 13.7. The average molecular weight is 386 g/mol. The highest BCUT2D eigenvalue weighted by molar-refractivity contribution is 5.84. The lowest BCUT2D eigenvalue weighted by atomic mass is 9.86. The monoisotopic (exact) mass is 386 g/mol. The number of methoxy groups -OCH3 is 1. The van der Waals surface area contributed by atoms with Crippen molar-refractivity contribution in [1.29, 1.82) is 0 Å². The molecule has 4 rings (SSSR count). The Morgan fingerprint density at radius 3 is 2.68 bits per heavy atom. The number of alkyl halides is 2. The van der Waals surface area contributed by atoms with Crippen LogP contribution >= 0.6 is 0 Å². The summed E-state index contributed by atoms with van der Waals surface area (Å²) in [6.45, 7) is 0. The lowest BCUT2D eigenvalue weighted by Gasteiger charge is -2.26. The van der Waals surface area contributed by atoms with E-state index in [9.17, 15) is 13.2 Å². The first-order valence-corrected chi connectivity index (χ1v) is 9.33. The Hall–Kier alpha value is -2.76. The van der Waals surface area contributed by atoms with Gasteiger partial charge in [0.25, 0.3) is 0 Å². The molecule has 1 fully saturated rings. The minimum Gasteiger partial charge on any atom is -0.496 e. The van der Waals surface area contributed by atoms with Crippen LogP contribution < -0.4 is 4.74 Å². The number of nitrogens with zero attached hydrogens (tertiary/aromatic N) is 1. The van der Waals surface area contributed by atoms with Crippen molar-refractivity contribution in [3.8, 4) is 16.9 Å². The number of hydrogen-bond donors (Lipinski definition) is 1. The summed E-state index contributed by atoms with van der Waals surface area (Å²) in [6, 6.07) is 10.0. The van der Waals surface area contributed by atoms with Crippen LogP contribution in [0.5, 0.6) is 5.75 Å². The molecule has 1 saturated carbocycles. The molecule has 1 N–H and O–H groups in total. The Morgan fingerprint density at radius 2 is 1.93 bits per heavy atom. The van der Waals surface area contributed by atoms with Gasteiger partial charge in [0.1, 0.15) is 17.4 Å². The molecule has 0 bridgehead atoms. The van der Waals surface area contributed by atoms with Gasteiger partial charge in [-0.2, -0.15) is 0 Å². The van der Waals surface area contributed by atoms with Crippen molar-refractivity contribution in [2.75, 3.05) is 7.11 Å². The van der Waals surface area contributed by atoms with E-state index in [1.165, 1.54) is 12.1 Å². The fourth-order valence-electron chi connectivity index (χ4n) is 3.66. The SMILES string of the molecule is COc1ccc(F)cc1-c1ccc2nc(/C=C/C3CCC(F)(F)CC3)[nH]c2c1. The second-order valence-corrected chi connectivity index (χ2v) is 7.25. The van der Waals surface area contributed by atoms with Crippen LogP contribution in [0, 0.1) is 11.7 Å². The topological polar surface area (TPSA) is 37.9 Å². The van der Waals surface area contributed by atoms with Gasteiger partial charge in [0.2, 0.25) is 5.92 Å². The van der Waals surface area contributed by atoms with E-state index < -0.39 is 5.92 Å². The van der Waals surface area contributed by atoms with Gasteiger partial charge in [-0.3, -0.25) is 0 Å². The largest absolute Gasteiger partial charge is 0.496 e. The molecule has 0 radical (unpaired) electrons. The maximum Gasteiger partial charge on any atom is 0.248 e. The molecule has 3 aromatic rings. The van der Waals surface area contributed by atoms with E-state index in [1.54, 1.807) is 13.2 Å². The molecule has 1 aliphatic rings. The predicted octanol–water partition coefficient (Wildman–Crippen LogP) is 6.22. The molecule has 28 heavy (non-hydrogen) atoms. The smallest absolute Gasteiger partial charge is 0.248 e. The maximum absolute atomic E-state index is 13.7. The number of rotatable bonds is 4. The van der Waals surface area contributed by atoms with Gasteiger partial charge in [0, 0.05) is 18.4 Å². The molecule has 3 nitrogen and oxygen atoms in total. The summed E-state index contributed by atoms with van der Waals surface area (Å²) in [4.78, 5) is 7.76. The zero-order valence-electron chi connectivity index (χ0n) is 15.5. The zero-order chi connectivity index (χ0) is 19.7. The second kappa shape index (κ2) is 7.34. The fourth-order valence-corrected chi connectivity index (χ4v) is 3.66. The third-order valence-corrected chi connectivity index (χ3v) is 5.26. The Balaban J connectivity index is 1.57. The van der Waals surface area contributed by atoms with Crippen LogP contribution in [0.1, 0.15) is 31.5 Å². The molecule has 0 unspecified atom stereocenters. The summed E-state index contributed by atoms with van der Waals surface area (Å²) >= 11 is 0. The van der Waals surface area contributed by atoms with Gasteiger partial charge >= 0.3 is 0 Å². The first kappa shape index (κ1) is 18.6. The number of H-pyrrole nitrogens is 1. The van der Waals surface area contributed by atoms with E-state index in [1.807, 2.05) is 30.4 Å². The van der Waals surface area contributed by atoms with Gasteiger partial charge in [0.15, 0.2) is 0 Å². The molecule has 0 saturated heterocycles. The van der Waals surface area contributed by atoms with Crippen molar-refractivity contribution in [2.45, 2.75) is 31.6 Å². The van der Waals surface area contributed by atoms with E-state index in [4.69, 9.17) is 4.74 Å². The van der Waals surface area contributed by atoms with Gasteiger partial charge in [-0.15, -0.1) is 0 Å². The highest BCUT2D eigenvalue weighted by atomic mass is 19.3. The Kier molecular flexibility index (Phi) is 4.87. The van der Waals surface area contributed by atoms with E-state index >= 15 is 0 Å². The van der Waals surface area contributed by atoms with Crippen LogP contribution in [-0.4, -0.2) is 23.0 Å². The van der Waals surface area contributed by atoms with Crippen LogP contribution in [0.25, 0.3) is 28.2 Å². The van der Waals surface area contributed by atoms with E-state index in [2.05, 4.69) is 9.97 Å². The van der Waals surface area contributed by atoms with Crippen molar-refractivity contribution in [3.05, 3.63) is 54.1 Å². The normalized spacial score (nSPS) is 17.4. The minimum absolute atomic E-state index is 0.0546. The summed E-state index contributed by atoms with van der Waals surface area (Å²) in [5, 5.41) is 0. The van der Waals surface area contributed by atoms with Gasteiger partial charge in [-0.05, 0) is 60.7 Å². The van der Waals surface area contributed by atoms with E-state index in [0.717, 1.165) is 16.6 Å². The molecular weight excluding hydrogens is 365 g/mol. The minimum atomic E-state index is -2.52. The summed E-state index contributed by atoms with van der Waals surface area (Å²) in [5.41, 5.74) is 3.09. The first-order chi connectivity index (χ1) is 13.4. The van der Waals surface area contributed by atoms with Crippen molar-refractivity contribution < 1.29 is 17.9 Å². The summed E-state index contributed by atoms with van der Waals surface area (Å²) in [5.74, 6) is -1.43. The number of ether oxygens (including phenoxy) is 1. The number of hydrogen-bond acceptors (Lipinski definition) is 2. The molecule has 0 atom stereocenters. The molecule has 0 amide bonds. The van der Waals surface area contributed by atoms with Crippen LogP contribution in [0.15, 0.2) is 42.5 Å². The fraction of sp³-hybridized carbons (Fsp3) is 0.318. The standard InChI is InChI=1S/C22H21F3N2O/c1-28-20-6-4-16(23)13-17(20)15-3-5-18-19(12-15)27-21(26-18)7-2-14-8-10-22(24,25)11-9-14/h2-7,12-14H,8-11H2,1H3,(H,26,27)/b7-2+. The van der Waals surface area contributed by atoms with Crippen molar-refractivity contribution in [1.82, 2.24) is 9.97 Å². The highest BCUT2D eigenvalue weighted by Gasteiger charge is 2.33. The van der Waals surface area contributed by atoms with Gasteiger partial charge in [0.05, 0.1) is 18.1 Å². The lowest BCUT2D eigenvalue weighted by molar-refractivity contribution is -0.0410. The van der Waals surface area contributed by atoms with Gasteiger partial charge < -0.3 is 9.72 Å². The second-order valence-electron chi connectivity index (χ2n) is 7.25. The van der Waals surface area contributed by atoms with Gasteiger partial charge in [-0.25, -0.2) is 18.2 Å². The summed E-state index contributed by atoms with van der Waals surface area (Å²) in [6.07, 6.45) is 4.70. The van der Waals surface area contributed by atoms with Crippen molar-refractivity contribution >= 4 is 17.1 Å². The lowest BCUT2D eigenvalue weighted by Crippen LogP contribution is -2.23. The number of allylic oxidation sites excluding steroid dienone is 1. The summed E-state index contributed by atoms with van der Waals surface area (Å²) in [7, 11) is 1.55. The Morgan fingerprint density at radius 1 is 1.14 bits per heavy atom. The number of aromatic amines is 1. The zero-order valence-corrected chi connectivity index (χ0v) is 15.5. The van der Waals surface area contributed by atoms with Crippen LogP contribution in [-0.2, 0) is 0 Å². The number of aromatic nitrogens is 2. The molecule has 1 aromatic heterocycles. The molecular formula is C22H21F3N2O. The summed E-state index contributed by atoms with van der Waals surface area (Å²) < 4.78 is 45.5. The van der Waals surface area contributed by atoms with Gasteiger partial charge in [-0.1, -0.05) is 12.1 Å². The Labute approximate surface area is 161 Å². The van der Waals surface area contributed by atoms with Crippen molar-refractivity contribution in [2.24, 2.45) is 5.92 Å². The Bertz CT molecular complexity index is 1020. The molecule has 1 heterocycles. The van der Waals surface area contributed by atoms with Crippen molar-refractivity contribution in [3.63, 3.8) is 0 Å². The highest BCUT2D eigenvalue weighted by Crippen LogP contribution is 2.37.